The van der Waals surface area contributed by atoms with E-state index in [4.69, 9.17) is 11.6 Å². The van der Waals surface area contributed by atoms with Crippen LogP contribution in [0.15, 0.2) is 35.7 Å². The van der Waals surface area contributed by atoms with Gasteiger partial charge in [0.05, 0.1) is 4.88 Å². The summed E-state index contributed by atoms with van der Waals surface area (Å²) in [4.78, 5) is 26.5. The van der Waals surface area contributed by atoms with Crippen LogP contribution in [0.3, 0.4) is 0 Å². The number of amides is 1. The molecule has 0 saturated carbocycles. The van der Waals surface area contributed by atoms with Gasteiger partial charge in [0.25, 0.3) is 5.91 Å². The van der Waals surface area contributed by atoms with Crippen molar-refractivity contribution in [1.82, 2.24) is 0 Å². The van der Waals surface area contributed by atoms with E-state index in [-0.39, 0.29) is 11.5 Å². The number of carbonyl (C=O) groups is 2. The van der Waals surface area contributed by atoms with Crippen LogP contribution in [0.5, 0.6) is 0 Å². The van der Waals surface area contributed by atoms with Gasteiger partial charge in [-0.3, -0.25) is 4.79 Å². The number of thiophene rings is 2. The number of halogens is 1. The minimum atomic E-state index is -1.07. The number of aryl methyl sites for hydroxylation is 2. The Morgan fingerprint density at radius 1 is 1.11 bits per heavy atom. The van der Waals surface area contributed by atoms with Gasteiger partial charge in [0, 0.05) is 20.8 Å². The molecule has 3 aromatic rings. The van der Waals surface area contributed by atoms with Crippen molar-refractivity contribution in [2.45, 2.75) is 25.7 Å². The van der Waals surface area contributed by atoms with E-state index < -0.39 is 5.97 Å². The summed E-state index contributed by atoms with van der Waals surface area (Å²) in [6.07, 6.45) is 4.35. The van der Waals surface area contributed by atoms with E-state index in [2.05, 4.69) is 5.32 Å². The molecule has 27 heavy (non-hydrogen) atoms. The first-order chi connectivity index (χ1) is 13.0. The second-order valence-electron chi connectivity index (χ2n) is 6.39. The van der Waals surface area contributed by atoms with Crippen LogP contribution in [0, 0.1) is 0 Å². The van der Waals surface area contributed by atoms with Crippen LogP contribution in [-0.4, -0.2) is 17.0 Å². The van der Waals surface area contributed by atoms with E-state index in [9.17, 15) is 14.7 Å². The van der Waals surface area contributed by atoms with Crippen molar-refractivity contribution < 1.29 is 14.7 Å². The molecule has 2 heterocycles. The lowest BCUT2D eigenvalue weighted by molar-refractivity contribution is 0.0699. The highest BCUT2D eigenvalue weighted by molar-refractivity contribution is 7.16. The van der Waals surface area contributed by atoms with Gasteiger partial charge in [-0.05, 0) is 55.0 Å². The van der Waals surface area contributed by atoms with E-state index in [0.29, 0.717) is 20.5 Å². The standard InChI is InChI=1S/C20H16ClNO3S2/c21-13-7-5-11(6-8-13)14-10-26-19(17(14)20(24)25)22-18(23)16-9-12-3-1-2-4-15(12)27-16/h5-10H,1-4H2,(H,22,23)(H,24,25). The van der Waals surface area contributed by atoms with Crippen molar-refractivity contribution in [3.8, 4) is 11.1 Å². The molecule has 0 spiro atoms. The van der Waals surface area contributed by atoms with Crippen LogP contribution >= 0.6 is 34.3 Å². The lowest BCUT2D eigenvalue weighted by Crippen LogP contribution is -2.12. The van der Waals surface area contributed by atoms with Gasteiger partial charge in [-0.2, -0.15) is 0 Å². The molecular weight excluding hydrogens is 402 g/mol. The average Bonchev–Trinajstić information content (AvgIpc) is 3.26. The lowest BCUT2D eigenvalue weighted by atomic mass is 9.99. The summed E-state index contributed by atoms with van der Waals surface area (Å²) in [5.74, 6) is -1.32. The van der Waals surface area contributed by atoms with Crippen molar-refractivity contribution in [2.75, 3.05) is 5.32 Å². The van der Waals surface area contributed by atoms with Gasteiger partial charge in [0.1, 0.15) is 10.6 Å². The van der Waals surface area contributed by atoms with Crippen LogP contribution in [0.25, 0.3) is 11.1 Å². The summed E-state index contributed by atoms with van der Waals surface area (Å²) in [7, 11) is 0. The molecule has 0 radical (unpaired) electrons. The topological polar surface area (TPSA) is 66.4 Å². The van der Waals surface area contributed by atoms with E-state index in [1.807, 2.05) is 6.07 Å². The van der Waals surface area contributed by atoms with Gasteiger partial charge in [0.2, 0.25) is 0 Å². The normalized spacial score (nSPS) is 13.2. The highest BCUT2D eigenvalue weighted by atomic mass is 35.5. The Kier molecular flexibility index (Phi) is 5.04. The number of carbonyl (C=O) groups excluding carboxylic acids is 1. The highest BCUT2D eigenvalue weighted by Crippen LogP contribution is 2.37. The first-order valence-corrected chi connectivity index (χ1v) is 10.6. The number of fused-ring (bicyclic) bond motifs is 1. The van der Waals surface area contributed by atoms with Gasteiger partial charge in [-0.25, -0.2) is 4.79 Å². The molecule has 0 fully saturated rings. The predicted octanol–water partition coefficient (Wildman–Crippen LogP) is 5.96. The Balaban J connectivity index is 1.64. The molecular formula is C20H16ClNO3S2. The number of benzene rings is 1. The largest absolute Gasteiger partial charge is 0.478 e. The zero-order chi connectivity index (χ0) is 19.0. The number of carboxylic acids is 1. The predicted molar refractivity (Wildman–Crippen MR) is 111 cm³/mol. The fourth-order valence-electron chi connectivity index (χ4n) is 3.27. The molecule has 4 rings (SSSR count). The molecule has 138 valence electrons. The molecule has 1 aliphatic rings. The van der Waals surface area contributed by atoms with Crippen molar-refractivity contribution in [1.29, 1.82) is 0 Å². The third kappa shape index (κ3) is 3.65. The second kappa shape index (κ2) is 7.46. The fourth-order valence-corrected chi connectivity index (χ4v) is 5.50. The number of hydrogen-bond donors (Lipinski definition) is 2. The summed E-state index contributed by atoms with van der Waals surface area (Å²) in [5, 5.41) is 15.2. The van der Waals surface area contributed by atoms with Crippen molar-refractivity contribution in [2.24, 2.45) is 0 Å². The van der Waals surface area contributed by atoms with Crippen LogP contribution in [-0.2, 0) is 12.8 Å². The fraction of sp³-hybridized carbons (Fsp3) is 0.200. The lowest BCUT2D eigenvalue weighted by Gasteiger charge is -2.08. The Morgan fingerprint density at radius 2 is 1.85 bits per heavy atom. The molecule has 4 nitrogen and oxygen atoms in total. The zero-order valence-corrected chi connectivity index (χ0v) is 16.6. The number of nitrogens with one attached hydrogen (secondary N) is 1. The minimum Gasteiger partial charge on any atom is -0.478 e. The SMILES string of the molecule is O=C(Nc1scc(-c2ccc(Cl)cc2)c1C(=O)O)c1cc2c(s1)CCCC2. The molecule has 0 bridgehead atoms. The van der Waals surface area contributed by atoms with Crippen LogP contribution < -0.4 is 5.32 Å². The monoisotopic (exact) mass is 417 g/mol. The summed E-state index contributed by atoms with van der Waals surface area (Å²) in [6.45, 7) is 0. The Labute approximate surface area is 169 Å². The smallest absolute Gasteiger partial charge is 0.339 e. The highest BCUT2D eigenvalue weighted by Gasteiger charge is 2.23. The summed E-state index contributed by atoms with van der Waals surface area (Å²) >= 11 is 8.65. The Hall–Kier alpha value is -2.15. The molecule has 0 aliphatic heterocycles. The first kappa shape index (κ1) is 18.2. The quantitative estimate of drug-likeness (QED) is 0.550. The number of carboxylic acid groups (broad SMARTS) is 1. The third-order valence-electron chi connectivity index (χ3n) is 4.61. The summed E-state index contributed by atoms with van der Waals surface area (Å²) in [6, 6.07) is 8.93. The first-order valence-electron chi connectivity index (χ1n) is 8.56. The van der Waals surface area contributed by atoms with Crippen LogP contribution in [0.4, 0.5) is 5.00 Å². The minimum absolute atomic E-state index is 0.108. The van der Waals surface area contributed by atoms with E-state index >= 15 is 0 Å². The van der Waals surface area contributed by atoms with Crippen LogP contribution in [0.1, 0.15) is 43.3 Å². The van der Waals surface area contributed by atoms with Crippen LogP contribution in [0.2, 0.25) is 5.02 Å². The molecule has 0 atom stereocenters. The number of rotatable bonds is 4. The van der Waals surface area contributed by atoms with Gasteiger partial charge in [-0.1, -0.05) is 23.7 Å². The summed E-state index contributed by atoms with van der Waals surface area (Å²) in [5.41, 5.74) is 2.69. The maximum absolute atomic E-state index is 12.7. The Bertz CT molecular complexity index is 997. The third-order valence-corrected chi connectivity index (χ3v) is 6.99. The van der Waals surface area contributed by atoms with Gasteiger partial charge >= 0.3 is 5.97 Å². The number of hydrogen-bond acceptors (Lipinski definition) is 4. The van der Waals surface area contributed by atoms with E-state index in [1.54, 1.807) is 29.6 Å². The molecule has 2 N–H and O–H groups in total. The average molecular weight is 418 g/mol. The molecule has 0 saturated heterocycles. The van der Waals surface area contributed by atoms with E-state index in [0.717, 1.165) is 31.2 Å². The molecule has 1 aliphatic carbocycles. The van der Waals surface area contributed by atoms with Crippen molar-refractivity contribution in [3.63, 3.8) is 0 Å². The Morgan fingerprint density at radius 3 is 2.56 bits per heavy atom. The van der Waals surface area contributed by atoms with Crippen molar-refractivity contribution in [3.05, 3.63) is 61.6 Å². The molecule has 0 unspecified atom stereocenters. The number of anilines is 1. The van der Waals surface area contributed by atoms with Gasteiger partial charge in [-0.15, -0.1) is 22.7 Å². The zero-order valence-electron chi connectivity index (χ0n) is 14.3. The molecule has 1 aromatic carbocycles. The molecule has 2 aromatic heterocycles. The van der Waals surface area contributed by atoms with Crippen molar-refractivity contribution >= 4 is 51.2 Å². The van der Waals surface area contributed by atoms with Gasteiger partial charge < -0.3 is 10.4 Å². The summed E-state index contributed by atoms with van der Waals surface area (Å²) < 4.78 is 0. The number of aromatic carboxylic acids is 1. The van der Waals surface area contributed by atoms with E-state index in [1.165, 1.54) is 33.1 Å². The molecule has 1 amide bonds. The maximum atomic E-state index is 12.7. The molecule has 7 heteroatoms. The maximum Gasteiger partial charge on any atom is 0.339 e. The second-order valence-corrected chi connectivity index (χ2v) is 8.84. The van der Waals surface area contributed by atoms with Gasteiger partial charge in [0.15, 0.2) is 0 Å².